The van der Waals surface area contributed by atoms with E-state index in [1.54, 1.807) is 30.3 Å². The molecule has 10 heteroatoms. The van der Waals surface area contributed by atoms with Crippen molar-refractivity contribution in [1.29, 1.82) is 0 Å². The number of benzene rings is 3. The largest absolute Gasteiger partial charge is 0.272 e. The second-order valence-electron chi connectivity index (χ2n) is 7.23. The van der Waals surface area contributed by atoms with Gasteiger partial charge in [-0.1, -0.05) is 82.5 Å². The molecule has 0 saturated carbocycles. The zero-order chi connectivity index (χ0) is 24.1. The number of carbonyl (C=O) groups excluding carboxylic acids is 1. The highest BCUT2D eigenvalue weighted by atomic mass is 35.5. The summed E-state index contributed by atoms with van der Waals surface area (Å²) in [5.74, 6) is 0.459. The van der Waals surface area contributed by atoms with Crippen molar-refractivity contribution in [2.45, 2.75) is 12.1 Å². The van der Waals surface area contributed by atoms with E-state index in [1.807, 2.05) is 47.9 Å². The molecule has 34 heavy (non-hydrogen) atoms. The van der Waals surface area contributed by atoms with Gasteiger partial charge in [0.05, 0.1) is 17.0 Å². The highest BCUT2D eigenvalue weighted by Crippen LogP contribution is 2.29. The van der Waals surface area contributed by atoms with Gasteiger partial charge in [-0.15, -0.1) is 10.2 Å². The van der Waals surface area contributed by atoms with Crippen LogP contribution in [0.4, 0.5) is 0 Å². The van der Waals surface area contributed by atoms with Crippen molar-refractivity contribution >= 4 is 58.7 Å². The molecule has 1 amide bonds. The number of halogens is 3. The van der Waals surface area contributed by atoms with E-state index < -0.39 is 0 Å². The third-order valence-electron chi connectivity index (χ3n) is 4.72. The number of hydrogen-bond acceptors (Lipinski definition) is 5. The fourth-order valence-corrected chi connectivity index (χ4v) is 4.35. The highest BCUT2D eigenvalue weighted by molar-refractivity contribution is 7.99. The van der Waals surface area contributed by atoms with Crippen molar-refractivity contribution in [2.24, 2.45) is 5.10 Å². The minimum Gasteiger partial charge on any atom is -0.272 e. The standard InChI is InChI=1S/C24H18Cl3N5OS/c1-15-2-4-16(5-3-15)23-30-31-24(32(23)20-10-8-18(25)9-11-20)34-14-22(33)29-28-13-17-6-7-19(26)12-21(17)27/h2-13H,14H2,1H3,(H,29,33)/b28-13+. The minimum absolute atomic E-state index is 0.0886. The molecule has 0 aliphatic carbocycles. The number of nitrogens with one attached hydrogen (secondary N) is 1. The molecule has 0 fully saturated rings. The fraction of sp³-hybridized carbons (Fsp3) is 0.0833. The van der Waals surface area contributed by atoms with Gasteiger partial charge in [-0.2, -0.15) is 5.10 Å². The Kier molecular flexibility index (Phi) is 7.90. The van der Waals surface area contributed by atoms with Crippen LogP contribution in [0.25, 0.3) is 17.1 Å². The minimum atomic E-state index is -0.297. The summed E-state index contributed by atoms with van der Waals surface area (Å²) in [6.07, 6.45) is 1.47. The lowest BCUT2D eigenvalue weighted by molar-refractivity contribution is -0.118. The number of carbonyl (C=O) groups is 1. The van der Waals surface area contributed by atoms with E-state index >= 15 is 0 Å². The van der Waals surface area contributed by atoms with Crippen LogP contribution in [-0.4, -0.2) is 32.6 Å². The lowest BCUT2D eigenvalue weighted by atomic mass is 10.1. The van der Waals surface area contributed by atoms with Crippen molar-refractivity contribution in [3.63, 3.8) is 0 Å². The first kappa shape index (κ1) is 24.3. The summed E-state index contributed by atoms with van der Waals surface area (Å²) in [6.45, 7) is 2.02. The zero-order valence-corrected chi connectivity index (χ0v) is 21.0. The summed E-state index contributed by atoms with van der Waals surface area (Å²) in [7, 11) is 0. The molecule has 0 saturated heterocycles. The molecule has 172 valence electrons. The lowest BCUT2D eigenvalue weighted by Gasteiger charge is -2.10. The zero-order valence-electron chi connectivity index (χ0n) is 17.9. The van der Waals surface area contributed by atoms with Crippen molar-refractivity contribution in [1.82, 2.24) is 20.2 Å². The lowest BCUT2D eigenvalue weighted by Crippen LogP contribution is -2.20. The van der Waals surface area contributed by atoms with Crippen LogP contribution in [0, 0.1) is 6.92 Å². The molecule has 3 aromatic carbocycles. The van der Waals surface area contributed by atoms with Crippen LogP contribution in [0.2, 0.25) is 15.1 Å². The van der Waals surface area contributed by atoms with E-state index in [0.717, 1.165) is 16.8 Å². The third kappa shape index (κ3) is 5.98. The molecule has 0 aliphatic heterocycles. The SMILES string of the molecule is Cc1ccc(-c2nnc(SCC(=O)N/N=C/c3ccc(Cl)cc3Cl)n2-c2ccc(Cl)cc2)cc1. The average Bonchev–Trinajstić information content (AvgIpc) is 3.24. The number of hydrogen-bond donors (Lipinski definition) is 1. The monoisotopic (exact) mass is 529 g/mol. The van der Waals surface area contributed by atoms with E-state index in [-0.39, 0.29) is 11.7 Å². The van der Waals surface area contributed by atoms with Crippen LogP contribution in [0.15, 0.2) is 77.0 Å². The smallest absolute Gasteiger partial charge is 0.250 e. The Balaban J connectivity index is 1.51. The van der Waals surface area contributed by atoms with Crippen LogP contribution in [0.1, 0.15) is 11.1 Å². The molecule has 1 heterocycles. The Hall–Kier alpha value is -2.84. The first-order valence-electron chi connectivity index (χ1n) is 10.1. The quantitative estimate of drug-likeness (QED) is 0.169. The Morgan fingerprint density at radius 1 is 1.00 bits per heavy atom. The van der Waals surface area contributed by atoms with Crippen LogP contribution in [0.5, 0.6) is 0 Å². The Morgan fingerprint density at radius 2 is 1.71 bits per heavy atom. The molecule has 1 aromatic heterocycles. The maximum Gasteiger partial charge on any atom is 0.250 e. The summed E-state index contributed by atoms with van der Waals surface area (Å²) in [5.41, 5.74) is 6.03. The Labute approximate surface area is 215 Å². The maximum atomic E-state index is 12.4. The van der Waals surface area contributed by atoms with Crippen molar-refractivity contribution < 1.29 is 4.79 Å². The van der Waals surface area contributed by atoms with Crippen LogP contribution >= 0.6 is 46.6 Å². The van der Waals surface area contributed by atoms with Gasteiger partial charge >= 0.3 is 0 Å². The molecule has 0 spiro atoms. The molecular weight excluding hydrogens is 513 g/mol. The summed E-state index contributed by atoms with van der Waals surface area (Å²) in [6, 6.07) is 20.4. The third-order valence-corrected chi connectivity index (χ3v) is 6.46. The van der Waals surface area contributed by atoms with Gasteiger partial charge in [-0.05, 0) is 43.3 Å². The second-order valence-corrected chi connectivity index (χ2v) is 9.45. The van der Waals surface area contributed by atoms with Gasteiger partial charge in [0.1, 0.15) is 0 Å². The van der Waals surface area contributed by atoms with Gasteiger partial charge in [0, 0.05) is 26.9 Å². The number of rotatable bonds is 7. The number of thioether (sulfide) groups is 1. The van der Waals surface area contributed by atoms with Crippen molar-refractivity contribution in [2.75, 3.05) is 5.75 Å². The first-order chi connectivity index (χ1) is 16.4. The average molecular weight is 531 g/mol. The predicted molar refractivity (Wildman–Crippen MR) is 139 cm³/mol. The molecule has 4 rings (SSSR count). The van der Waals surface area contributed by atoms with Gasteiger partial charge in [-0.25, -0.2) is 5.43 Å². The van der Waals surface area contributed by atoms with Gasteiger partial charge in [0.25, 0.3) is 5.91 Å². The first-order valence-corrected chi connectivity index (χ1v) is 12.2. The maximum absolute atomic E-state index is 12.4. The summed E-state index contributed by atoms with van der Waals surface area (Å²) < 4.78 is 1.90. The van der Waals surface area contributed by atoms with Gasteiger partial charge in [0.2, 0.25) is 0 Å². The molecule has 1 N–H and O–H groups in total. The van der Waals surface area contributed by atoms with Crippen LogP contribution in [0.3, 0.4) is 0 Å². The van der Waals surface area contributed by atoms with E-state index in [2.05, 4.69) is 20.7 Å². The van der Waals surface area contributed by atoms with Crippen LogP contribution in [-0.2, 0) is 4.79 Å². The van der Waals surface area contributed by atoms with Gasteiger partial charge in [-0.3, -0.25) is 9.36 Å². The molecule has 4 aromatic rings. The number of aryl methyl sites for hydroxylation is 1. The molecular formula is C24H18Cl3N5OS. The normalized spacial score (nSPS) is 11.2. The highest BCUT2D eigenvalue weighted by Gasteiger charge is 2.17. The number of aromatic nitrogens is 3. The van der Waals surface area contributed by atoms with Crippen molar-refractivity contribution in [3.05, 3.63) is 92.9 Å². The number of amides is 1. The number of hydrazone groups is 1. The van der Waals surface area contributed by atoms with Crippen molar-refractivity contribution in [3.8, 4) is 17.1 Å². The van der Waals surface area contributed by atoms with Gasteiger partial charge < -0.3 is 0 Å². The summed E-state index contributed by atoms with van der Waals surface area (Å²) in [5, 5.41) is 14.8. The molecule has 0 bridgehead atoms. The molecule has 0 atom stereocenters. The van der Waals surface area contributed by atoms with Crippen LogP contribution < -0.4 is 5.43 Å². The molecule has 6 nitrogen and oxygen atoms in total. The van der Waals surface area contributed by atoms with E-state index in [0.29, 0.717) is 31.6 Å². The summed E-state index contributed by atoms with van der Waals surface area (Å²) in [4.78, 5) is 12.4. The van der Waals surface area contributed by atoms with E-state index in [9.17, 15) is 4.79 Å². The van der Waals surface area contributed by atoms with Gasteiger partial charge in [0.15, 0.2) is 11.0 Å². The Bertz CT molecular complexity index is 1340. The van der Waals surface area contributed by atoms with E-state index in [4.69, 9.17) is 34.8 Å². The second kappa shape index (κ2) is 11.1. The molecule has 0 radical (unpaired) electrons. The summed E-state index contributed by atoms with van der Waals surface area (Å²) >= 11 is 19.3. The fourth-order valence-electron chi connectivity index (χ4n) is 3.02. The molecule has 0 aliphatic rings. The number of nitrogens with zero attached hydrogens (tertiary/aromatic N) is 4. The molecule has 0 unspecified atom stereocenters. The predicted octanol–water partition coefficient (Wildman–Crippen LogP) is 6.45. The van der Waals surface area contributed by atoms with E-state index in [1.165, 1.54) is 18.0 Å². The Morgan fingerprint density at radius 3 is 2.41 bits per heavy atom. The topological polar surface area (TPSA) is 72.2 Å².